The first kappa shape index (κ1) is 30.1. The quantitative estimate of drug-likeness (QED) is 0.153. The Hall–Kier alpha value is -4.86. The van der Waals surface area contributed by atoms with Crippen molar-refractivity contribution in [3.63, 3.8) is 0 Å². The Morgan fingerprint density at radius 2 is 1.31 bits per heavy atom. The highest BCUT2D eigenvalue weighted by molar-refractivity contribution is 6.32. The number of ketones is 2. The van der Waals surface area contributed by atoms with Crippen LogP contribution in [0.4, 0.5) is 5.95 Å². The van der Waals surface area contributed by atoms with Gasteiger partial charge in [0.05, 0.1) is 42.1 Å². The predicted molar refractivity (Wildman–Crippen MR) is 162 cm³/mol. The zero-order valence-corrected chi connectivity index (χ0v) is 24.1. The number of aromatic nitrogens is 4. The highest BCUT2D eigenvalue weighted by atomic mass is 35.5. The fourth-order valence-electron chi connectivity index (χ4n) is 3.82. The molecule has 5 aromatic rings. The molecule has 0 amide bonds. The average Bonchev–Trinajstić information content (AvgIpc) is 3.01. The number of nitrogens with two attached hydrogens (primary N) is 1. The predicted octanol–water partition coefficient (Wildman–Crippen LogP) is 6.65. The number of methoxy groups -OCH3 is 2. The van der Waals surface area contributed by atoms with Gasteiger partial charge in [-0.3, -0.25) is 19.6 Å². The fourth-order valence-corrected chi connectivity index (χ4v) is 4.33. The minimum absolute atomic E-state index is 0.197. The Balaban J connectivity index is 0.000000194. The third-order valence-electron chi connectivity index (χ3n) is 5.93. The van der Waals surface area contributed by atoms with E-state index in [1.54, 1.807) is 62.1 Å². The van der Waals surface area contributed by atoms with Gasteiger partial charge in [-0.25, -0.2) is 9.97 Å². The lowest BCUT2D eigenvalue weighted by Crippen LogP contribution is -2.09. The fraction of sp³-hybridized carbons (Fsp3) is 0.0968. The third-order valence-corrected chi connectivity index (χ3v) is 6.52. The number of rotatable bonds is 8. The van der Waals surface area contributed by atoms with Crippen molar-refractivity contribution in [1.29, 1.82) is 0 Å². The Bertz CT molecular complexity index is 1700. The number of carbonyl (C=O) groups is 2. The molecular weight excluding hydrogens is 577 g/mol. The molecule has 5 rings (SSSR count). The van der Waals surface area contributed by atoms with E-state index in [9.17, 15) is 9.59 Å². The van der Waals surface area contributed by atoms with Crippen LogP contribution in [0.5, 0.6) is 11.5 Å². The summed E-state index contributed by atoms with van der Waals surface area (Å²) in [6.07, 6.45) is 6.23. The van der Waals surface area contributed by atoms with Gasteiger partial charge in [0.1, 0.15) is 11.5 Å². The molecule has 11 heteroatoms. The summed E-state index contributed by atoms with van der Waals surface area (Å²) in [6.45, 7) is 0. The molecule has 2 N–H and O–H groups in total. The Morgan fingerprint density at radius 3 is 1.88 bits per heavy atom. The van der Waals surface area contributed by atoms with Crippen LogP contribution in [0.1, 0.15) is 27.1 Å². The van der Waals surface area contributed by atoms with Crippen LogP contribution in [-0.4, -0.2) is 45.7 Å². The third kappa shape index (κ3) is 7.66. The van der Waals surface area contributed by atoms with Gasteiger partial charge in [-0.05, 0) is 66.7 Å². The maximum absolute atomic E-state index is 12.0. The van der Waals surface area contributed by atoms with Crippen molar-refractivity contribution in [2.45, 2.75) is 6.42 Å². The van der Waals surface area contributed by atoms with Crippen LogP contribution in [0.2, 0.25) is 10.0 Å². The molecule has 9 nitrogen and oxygen atoms in total. The van der Waals surface area contributed by atoms with Crippen molar-refractivity contribution in [3.8, 4) is 34.0 Å². The molecule has 0 aliphatic carbocycles. The van der Waals surface area contributed by atoms with Crippen LogP contribution in [0.25, 0.3) is 22.5 Å². The van der Waals surface area contributed by atoms with E-state index in [1.165, 1.54) is 19.4 Å². The normalized spacial score (nSPS) is 10.3. The highest BCUT2D eigenvalue weighted by Gasteiger charge is 2.15. The number of Topliss-reactive ketones (excluding diaryl/α,β-unsaturated/α-hetero) is 2. The monoisotopic (exact) mass is 601 g/mol. The SMILES string of the molecule is COc1ccc(-c2cc(-c3cccnc3)nc(N)n2)cc1Cl.COc1ccc(C(=O)CC(=O)c2cccnc2)cc1Cl. The molecule has 0 aliphatic heterocycles. The molecule has 0 spiro atoms. The topological polar surface area (TPSA) is 130 Å². The van der Waals surface area contributed by atoms with Crippen LogP contribution in [-0.2, 0) is 0 Å². The van der Waals surface area contributed by atoms with E-state index < -0.39 is 0 Å². The zero-order valence-electron chi connectivity index (χ0n) is 22.6. The average molecular weight is 602 g/mol. The Morgan fingerprint density at radius 1 is 0.714 bits per heavy atom. The molecule has 0 saturated carbocycles. The van der Waals surface area contributed by atoms with Crippen LogP contribution in [0, 0.1) is 0 Å². The van der Waals surface area contributed by atoms with Crippen LogP contribution < -0.4 is 15.2 Å². The number of halogens is 2. The molecule has 212 valence electrons. The number of nitrogens with zero attached hydrogens (tertiary/aromatic N) is 4. The van der Waals surface area contributed by atoms with E-state index in [1.807, 2.05) is 24.3 Å². The Kier molecular flexibility index (Phi) is 10.1. The number of benzene rings is 2. The van der Waals surface area contributed by atoms with Crippen molar-refractivity contribution in [2.75, 3.05) is 20.0 Å². The first-order chi connectivity index (χ1) is 20.3. The lowest BCUT2D eigenvalue weighted by molar-refractivity contribution is 0.0894. The number of carbonyl (C=O) groups excluding carboxylic acids is 2. The lowest BCUT2D eigenvalue weighted by Gasteiger charge is -2.08. The summed E-state index contributed by atoms with van der Waals surface area (Å²) in [7, 11) is 3.07. The lowest BCUT2D eigenvalue weighted by atomic mass is 10.0. The molecule has 0 unspecified atom stereocenters. The number of ether oxygens (including phenoxy) is 2. The summed E-state index contributed by atoms with van der Waals surface area (Å²) in [5, 5.41) is 0.854. The maximum Gasteiger partial charge on any atom is 0.221 e. The molecule has 3 heterocycles. The maximum atomic E-state index is 12.0. The molecule has 0 aliphatic rings. The van der Waals surface area contributed by atoms with Gasteiger partial charge in [-0.1, -0.05) is 23.2 Å². The number of anilines is 1. The number of hydrogen-bond acceptors (Lipinski definition) is 9. The van der Waals surface area contributed by atoms with E-state index in [4.69, 9.17) is 38.4 Å². The molecule has 0 bridgehead atoms. The van der Waals surface area contributed by atoms with Gasteiger partial charge in [-0.15, -0.1) is 0 Å². The second kappa shape index (κ2) is 14.2. The van der Waals surface area contributed by atoms with Crippen molar-refractivity contribution in [1.82, 2.24) is 19.9 Å². The molecular formula is C31H25Cl2N5O4. The van der Waals surface area contributed by atoms with Crippen molar-refractivity contribution in [3.05, 3.63) is 113 Å². The number of pyridine rings is 2. The minimum Gasteiger partial charge on any atom is -0.495 e. The standard InChI is InChI=1S/C16H13ClN4O.C15H12ClNO3/c1-22-15-5-4-10(7-12(15)17)13-8-14(21-16(18)20-13)11-3-2-6-19-9-11;1-20-15-5-4-10(7-12(15)16)13(18)8-14(19)11-3-2-6-17-9-11/h2-9H,1H3,(H2,18,20,21);2-7,9H,8H2,1H3. The molecule has 3 aromatic heterocycles. The number of nitrogen functional groups attached to an aromatic ring is 1. The van der Waals surface area contributed by atoms with Gasteiger partial charge in [-0.2, -0.15) is 0 Å². The minimum atomic E-state index is -0.289. The van der Waals surface area contributed by atoms with Crippen molar-refractivity contribution in [2.24, 2.45) is 0 Å². The van der Waals surface area contributed by atoms with E-state index >= 15 is 0 Å². The summed E-state index contributed by atoms with van der Waals surface area (Å²) in [5.41, 5.74) is 9.74. The first-order valence-corrected chi connectivity index (χ1v) is 13.2. The molecule has 0 fully saturated rings. The van der Waals surface area contributed by atoms with Gasteiger partial charge >= 0.3 is 0 Å². The second-order valence-corrected chi connectivity index (χ2v) is 9.52. The highest BCUT2D eigenvalue weighted by Crippen LogP contribution is 2.31. The van der Waals surface area contributed by atoms with Crippen molar-refractivity contribution < 1.29 is 19.1 Å². The van der Waals surface area contributed by atoms with Gasteiger partial charge in [0.2, 0.25) is 5.95 Å². The van der Waals surface area contributed by atoms with Crippen LogP contribution >= 0.6 is 23.2 Å². The smallest absolute Gasteiger partial charge is 0.221 e. The largest absolute Gasteiger partial charge is 0.495 e. The van der Waals surface area contributed by atoms with Gasteiger partial charge in [0.15, 0.2) is 11.6 Å². The Labute approximate surface area is 252 Å². The number of hydrogen-bond donors (Lipinski definition) is 1. The second-order valence-electron chi connectivity index (χ2n) is 8.70. The summed E-state index contributed by atoms with van der Waals surface area (Å²) in [5.74, 6) is 0.739. The van der Waals surface area contributed by atoms with Crippen LogP contribution in [0.15, 0.2) is 91.5 Å². The van der Waals surface area contributed by atoms with Gasteiger partial charge in [0, 0.05) is 47.0 Å². The van der Waals surface area contributed by atoms with Crippen molar-refractivity contribution >= 4 is 40.7 Å². The molecule has 2 aromatic carbocycles. The first-order valence-electron chi connectivity index (χ1n) is 12.5. The van der Waals surface area contributed by atoms with Gasteiger partial charge in [0.25, 0.3) is 0 Å². The molecule has 0 atom stereocenters. The van der Waals surface area contributed by atoms with E-state index in [0.717, 1.165) is 11.1 Å². The van der Waals surface area contributed by atoms with E-state index in [0.29, 0.717) is 44.1 Å². The van der Waals surface area contributed by atoms with Gasteiger partial charge < -0.3 is 15.2 Å². The summed E-state index contributed by atoms with van der Waals surface area (Å²) in [4.78, 5) is 40.4. The molecule has 0 radical (unpaired) electrons. The zero-order chi connectivity index (χ0) is 30.1. The molecule has 42 heavy (non-hydrogen) atoms. The van der Waals surface area contributed by atoms with Crippen LogP contribution in [0.3, 0.4) is 0 Å². The summed E-state index contributed by atoms with van der Waals surface area (Å²) >= 11 is 12.1. The molecule has 0 saturated heterocycles. The van der Waals surface area contributed by atoms with E-state index in [-0.39, 0.29) is 23.9 Å². The summed E-state index contributed by atoms with van der Waals surface area (Å²) in [6, 6.07) is 19.0. The summed E-state index contributed by atoms with van der Waals surface area (Å²) < 4.78 is 10.2. The van der Waals surface area contributed by atoms with E-state index in [2.05, 4.69) is 19.9 Å².